The van der Waals surface area contributed by atoms with Crippen molar-refractivity contribution in [2.24, 2.45) is 0 Å². The number of hydrogen-bond acceptors (Lipinski definition) is 5. The molecule has 0 bridgehead atoms. The van der Waals surface area contributed by atoms with Gasteiger partial charge in [0.1, 0.15) is 5.75 Å². The summed E-state index contributed by atoms with van der Waals surface area (Å²) in [6, 6.07) is 26.3. The first-order chi connectivity index (χ1) is 16.2. The molecule has 0 radical (unpaired) electrons. The Morgan fingerprint density at radius 1 is 0.909 bits per heavy atom. The molecule has 3 aromatic carbocycles. The highest BCUT2D eigenvalue weighted by atomic mass is 16.5. The maximum absolute atomic E-state index is 12.5. The second kappa shape index (κ2) is 11.4. The molecule has 0 saturated carbocycles. The fraction of sp³-hybridized carbons (Fsp3) is 0.259. The van der Waals surface area contributed by atoms with Crippen LogP contribution in [-0.2, 0) is 16.1 Å². The number of benzene rings is 3. The van der Waals surface area contributed by atoms with Gasteiger partial charge < -0.3 is 14.8 Å². The van der Waals surface area contributed by atoms with Gasteiger partial charge in [-0.05, 0) is 29.8 Å². The molecule has 1 fully saturated rings. The number of carbonyl (C=O) groups excluding carboxylic acids is 2. The van der Waals surface area contributed by atoms with Gasteiger partial charge in [-0.3, -0.25) is 14.5 Å². The molecule has 1 saturated heterocycles. The van der Waals surface area contributed by atoms with Gasteiger partial charge in [-0.15, -0.1) is 0 Å². The first-order valence-electron chi connectivity index (χ1n) is 11.1. The number of amides is 1. The van der Waals surface area contributed by atoms with Gasteiger partial charge in [0.05, 0.1) is 12.7 Å². The van der Waals surface area contributed by atoms with Crippen LogP contribution in [0.2, 0.25) is 0 Å². The van der Waals surface area contributed by atoms with Crippen molar-refractivity contribution >= 4 is 11.7 Å². The summed E-state index contributed by atoms with van der Waals surface area (Å²) in [6.07, 6.45) is -0.0466. The summed E-state index contributed by atoms with van der Waals surface area (Å²) in [5.41, 5.74) is 2.48. The summed E-state index contributed by atoms with van der Waals surface area (Å²) in [4.78, 5) is 27.0. The molecule has 0 unspecified atom stereocenters. The molecule has 1 amide bonds. The van der Waals surface area contributed by atoms with Crippen LogP contribution in [0.5, 0.6) is 5.75 Å². The summed E-state index contributed by atoms with van der Waals surface area (Å²) in [7, 11) is 0. The number of rotatable bonds is 9. The predicted octanol–water partition coefficient (Wildman–Crippen LogP) is 3.31. The SMILES string of the molecule is O=C(COc1ccc(C(=O)c2ccccc2)cc1)NC[C@@H]1CN(Cc2ccccc2)CCO1. The number of nitrogens with one attached hydrogen (secondary N) is 1. The van der Waals surface area contributed by atoms with E-state index < -0.39 is 0 Å². The van der Waals surface area contributed by atoms with Crippen LogP contribution in [0.15, 0.2) is 84.9 Å². The van der Waals surface area contributed by atoms with Gasteiger partial charge in [0.2, 0.25) is 0 Å². The summed E-state index contributed by atoms with van der Waals surface area (Å²) in [6.45, 7) is 3.53. The predicted molar refractivity (Wildman–Crippen MR) is 126 cm³/mol. The Balaban J connectivity index is 1.19. The Bertz CT molecular complexity index is 1040. The Kier molecular flexibility index (Phi) is 7.85. The van der Waals surface area contributed by atoms with Crippen LogP contribution in [0.25, 0.3) is 0 Å². The van der Waals surface area contributed by atoms with E-state index in [0.717, 1.165) is 19.6 Å². The van der Waals surface area contributed by atoms with E-state index in [1.807, 2.05) is 36.4 Å². The van der Waals surface area contributed by atoms with Gasteiger partial charge in [-0.2, -0.15) is 0 Å². The lowest BCUT2D eigenvalue weighted by Gasteiger charge is -2.33. The fourth-order valence-corrected chi connectivity index (χ4v) is 3.78. The highest BCUT2D eigenvalue weighted by molar-refractivity contribution is 6.08. The zero-order chi connectivity index (χ0) is 22.9. The first-order valence-corrected chi connectivity index (χ1v) is 11.1. The molecule has 1 atom stereocenters. The number of morpholine rings is 1. The molecule has 4 rings (SSSR count). The van der Waals surface area contributed by atoms with Crippen molar-refractivity contribution < 1.29 is 19.1 Å². The zero-order valence-electron chi connectivity index (χ0n) is 18.5. The van der Waals surface area contributed by atoms with Crippen molar-refractivity contribution in [1.82, 2.24) is 10.2 Å². The Labute approximate surface area is 194 Å². The van der Waals surface area contributed by atoms with Crippen molar-refractivity contribution in [3.8, 4) is 5.75 Å². The van der Waals surface area contributed by atoms with Gasteiger partial charge >= 0.3 is 0 Å². The maximum Gasteiger partial charge on any atom is 0.258 e. The lowest BCUT2D eigenvalue weighted by molar-refractivity contribution is -0.124. The molecule has 170 valence electrons. The van der Waals surface area contributed by atoms with Gasteiger partial charge in [0, 0.05) is 37.3 Å². The minimum atomic E-state index is -0.205. The molecule has 1 N–H and O–H groups in total. The molecule has 6 nitrogen and oxygen atoms in total. The molecule has 3 aromatic rings. The van der Waals surface area contributed by atoms with Crippen LogP contribution in [-0.4, -0.2) is 55.5 Å². The molecule has 33 heavy (non-hydrogen) atoms. The lowest BCUT2D eigenvalue weighted by Crippen LogP contribution is -2.47. The molecule has 0 spiro atoms. The third-order valence-corrected chi connectivity index (χ3v) is 5.52. The summed E-state index contributed by atoms with van der Waals surface area (Å²) in [5, 5.41) is 2.89. The Hall–Kier alpha value is -3.48. The molecule has 0 aliphatic carbocycles. The summed E-state index contributed by atoms with van der Waals surface area (Å²) >= 11 is 0. The van der Waals surface area contributed by atoms with E-state index in [0.29, 0.717) is 30.0 Å². The standard InChI is InChI=1S/C27H28N2O4/c30-26(28-17-25-19-29(15-16-32-25)18-21-7-3-1-4-8-21)20-33-24-13-11-23(12-14-24)27(31)22-9-5-2-6-10-22/h1-14,25H,15-20H2,(H,28,30)/t25-/m1/s1. The maximum atomic E-state index is 12.5. The van der Waals surface area contributed by atoms with E-state index in [1.165, 1.54) is 5.56 Å². The van der Waals surface area contributed by atoms with E-state index in [4.69, 9.17) is 9.47 Å². The van der Waals surface area contributed by atoms with E-state index in [1.54, 1.807) is 36.4 Å². The van der Waals surface area contributed by atoms with E-state index in [-0.39, 0.29) is 24.4 Å². The van der Waals surface area contributed by atoms with Gasteiger partial charge in [-0.1, -0.05) is 60.7 Å². The van der Waals surface area contributed by atoms with Crippen molar-refractivity contribution in [1.29, 1.82) is 0 Å². The van der Waals surface area contributed by atoms with Crippen molar-refractivity contribution in [3.05, 3.63) is 102 Å². The van der Waals surface area contributed by atoms with Crippen LogP contribution in [0.1, 0.15) is 21.5 Å². The highest BCUT2D eigenvalue weighted by Crippen LogP contribution is 2.15. The van der Waals surface area contributed by atoms with Crippen molar-refractivity contribution in [3.63, 3.8) is 0 Å². The second-order valence-electron chi connectivity index (χ2n) is 8.03. The summed E-state index contributed by atoms with van der Waals surface area (Å²) in [5.74, 6) is 0.287. The van der Waals surface area contributed by atoms with E-state index in [2.05, 4.69) is 22.3 Å². The molecular formula is C27H28N2O4. The fourth-order valence-electron chi connectivity index (χ4n) is 3.78. The number of nitrogens with zero attached hydrogens (tertiary/aromatic N) is 1. The Morgan fingerprint density at radius 2 is 1.58 bits per heavy atom. The van der Waals surface area contributed by atoms with Gasteiger partial charge in [0.25, 0.3) is 5.91 Å². The van der Waals surface area contributed by atoms with Crippen LogP contribution < -0.4 is 10.1 Å². The van der Waals surface area contributed by atoms with Gasteiger partial charge in [-0.25, -0.2) is 0 Å². The van der Waals surface area contributed by atoms with E-state index in [9.17, 15) is 9.59 Å². The van der Waals surface area contributed by atoms with Crippen LogP contribution in [0, 0.1) is 0 Å². The van der Waals surface area contributed by atoms with Crippen LogP contribution in [0.4, 0.5) is 0 Å². The molecule has 1 aliphatic heterocycles. The smallest absolute Gasteiger partial charge is 0.258 e. The van der Waals surface area contributed by atoms with Crippen molar-refractivity contribution in [2.75, 3.05) is 32.8 Å². The van der Waals surface area contributed by atoms with Crippen LogP contribution >= 0.6 is 0 Å². The molecule has 6 heteroatoms. The molecule has 0 aromatic heterocycles. The Morgan fingerprint density at radius 3 is 2.30 bits per heavy atom. The average Bonchev–Trinajstić information content (AvgIpc) is 2.87. The summed E-state index contributed by atoms with van der Waals surface area (Å²) < 4.78 is 11.4. The third kappa shape index (κ3) is 6.75. The molecule has 1 heterocycles. The zero-order valence-corrected chi connectivity index (χ0v) is 18.5. The van der Waals surface area contributed by atoms with Gasteiger partial charge in [0.15, 0.2) is 12.4 Å². The lowest BCUT2D eigenvalue weighted by atomic mass is 10.0. The normalized spacial score (nSPS) is 16.2. The highest BCUT2D eigenvalue weighted by Gasteiger charge is 2.21. The number of carbonyl (C=O) groups is 2. The average molecular weight is 445 g/mol. The number of ketones is 1. The second-order valence-corrected chi connectivity index (χ2v) is 8.03. The molecule has 1 aliphatic rings. The monoisotopic (exact) mass is 444 g/mol. The first kappa shape index (κ1) is 22.7. The number of hydrogen-bond donors (Lipinski definition) is 1. The topological polar surface area (TPSA) is 67.9 Å². The minimum Gasteiger partial charge on any atom is -0.484 e. The number of ether oxygens (including phenoxy) is 2. The molecular weight excluding hydrogens is 416 g/mol. The van der Waals surface area contributed by atoms with E-state index >= 15 is 0 Å². The van der Waals surface area contributed by atoms with Crippen molar-refractivity contribution in [2.45, 2.75) is 12.6 Å². The minimum absolute atomic E-state index is 0.0466. The van der Waals surface area contributed by atoms with Crippen LogP contribution in [0.3, 0.4) is 0 Å². The quantitative estimate of drug-likeness (QED) is 0.513. The largest absolute Gasteiger partial charge is 0.484 e. The third-order valence-electron chi connectivity index (χ3n) is 5.52.